The fourth-order valence-corrected chi connectivity index (χ4v) is 5.72. The van der Waals surface area contributed by atoms with Crippen LogP contribution in [0.25, 0.3) is 5.76 Å². The number of aliphatic hydroxyl groups is 3. The molecule has 3 aliphatic carbocycles. The summed E-state index contributed by atoms with van der Waals surface area (Å²) in [4.78, 5) is 53.1. The molecule has 0 aromatic heterocycles. The molecule has 0 aliphatic heterocycles. The zero-order valence-electron chi connectivity index (χ0n) is 18.1. The van der Waals surface area contributed by atoms with E-state index in [9.17, 15) is 39.6 Å². The van der Waals surface area contributed by atoms with Gasteiger partial charge in [-0.25, -0.2) is 0 Å². The number of aliphatic hydroxyl groups excluding tert-OH is 2. The van der Waals surface area contributed by atoms with Gasteiger partial charge >= 0.3 is 0 Å². The molecular formula is C22H26N2O9. The molecule has 0 heterocycles. The molecule has 2 fully saturated rings. The van der Waals surface area contributed by atoms with Crippen LogP contribution in [0, 0.1) is 17.8 Å². The van der Waals surface area contributed by atoms with E-state index in [0.29, 0.717) is 5.56 Å². The number of hydrogen-bond acceptors (Lipinski definition) is 9. The smallest absolute Gasteiger partial charge is 0.235 e. The highest BCUT2D eigenvalue weighted by Gasteiger charge is 2.71. The zero-order chi connectivity index (χ0) is 23.9. The molecule has 7 unspecified atom stereocenters. The van der Waals surface area contributed by atoms with Crippen molar-refractivity contribution in [3.63, 3.8) is 0 Å². The maximum absolute atomic E-state index is 13.6. The number of phenolic OH excluding ortho intramolecular Hbond substituents is 1. The number of fused-ring (bicyclic) bond motifs is 3. The summed E-state index contributed by atoms with van der Waals surface area (Å²) in [6.45, 7) is 1.67. The second kappa shape index (κ2) is 7.73. The number of nitrogens with two attached hydrogens (primary N) is 1. The van der Waals surface area contributed by atoms with Crippen molar-refractivity contribution in [2.24, 2.45) is 23.5 Å². The van der Waals surface area contributed by atoms with E-state index < -0.39 is 76.0 Å². The van der Waals surface area contributed by atoms with Crippen LogP contribution in [0.15, 0.2) is 23.8 Å². The summed E-state index contributed by atoms with van der Waals surface area (Å²) >= 11 is 0. The summed E-state index contributed by atoms with van der Waals surface area (Å²) in [5.74, 6) is -11.2. The third kappa shape index (κ3) is 2.90. The quantitative estimate of drug-likeness (QED) is 0.309. The number of ketones is 3. The first-order valence-electron chi connectivity index (χ1n) is 10.1. The Morgan fingerprint density at radius 2 is 1.76 bits per heavy atom. The Labute approximate surface area is 188 Å². The number of amides is 1. The maximum Gasteiger partial charge on any atom is 0.235 e. The minimum atomic E-state index is -2.97. The summed E-state index contributed by atoms with van der Waals surface area (Å²) in [6.07, 6.45) is -1.62. The average molecular weight is 462 g/mol. The molecule has 11 nitrogen and oxygen atoms in total. The number of rotatable bonds is 2. The minimum absolute atomic E-state index is 0. The van der Waals surface area contributed by atoms with Crippen LogP contribution >= 0.6 is 0 Å². The highest BCUT2D eigenvalue weighted by Crippen LogP contribution is 2.55. The van der Waals surface area contributed by atoms with Crippen LogP contribution < -0.4 is 5.73 Å². The van der Waals surface area contributed by atoms with Crippen molar-refractivity contribution in [3.8, 4) is 5.75 Å². The van der Waals surface area contributed by atoms with Crippen LogP contribution in [0.4, 0.5) is 0 Å². The lowest BCUT2D eigenvalue weighted by Crippen LogP contribution is -2.75. The van der Waals surface area contributed by atoms with E-state index in [4.69, 9.17) is 5.73 Å². The molecule has 1 amide bonds. The van der Waals surface area contributed by atoms with Crippen molar-refractivity contribution < 1.29 is 45.1 Å². The molecule has 4 rings (SSSR count). The fraction of sp³-hybridized carbons (Fsp3) is 0.455. The molecule has 0 spiro atoms. The molecular weight excluding hydrogens is 436 g/mol. The first-order chi connectivity index (χ1) is 14.9. The second-order valence-electron chi connectivity index (χ2n) is 8.94. The number of aromatic hydroxyl groups is 1. The first kappa shape index (κ1) is 24.5. The third-order valence-corrected chi connectivity index (χ3v) is 7.13. The molecule has 2 saturated carbocycles. The Bertz CT molecular complexity index is 1110. The Morgan fingerprint density at radius 1 is 1.15 bits per heavy atom. The van der Waals surface area contributed by atoms with E-state index in [0.717, 1.165) is 0 Å². The van der Waals surface area contributed by atoms with E-state index in [-0.39, 0.29) is 16.8 Å². The molecule has 3 aliphatic rings. The van der Waals surface area contributed by atoms with E-state index >= 15 is 0 Å². The number of carbonyl (C=O) groups excluding carboxylic acids is 4. The number of hydrogen-bond donors (Lipinski definition) is 5. The molecule has 0 saturated heterocycles. The molecule has 11 heteroatoms. The first-order valence-corrected chi connectivity index (χ1v) is 10.1. The lowest BCUT2D eigenvalue weighted by Gasteiger charge is -2.54. The molecule has 0 bridgehead atoms. The normalized spacial score (nSPS) is 35.5. The second-order valence-corrected chi connectivity index (χ2v) is 8.94. The summed E-state index contributed by atoms with van der Waals surface area (Å²) in [6, 6.07) is 3.11. The van der Waals surface area contributed by atoms with Gasteiger partial charge in [-0.3, -0.25) is 24.1 Å². The van der Waals surface area contributed by atoms with Crippen LogP contribution in [0.1, 0.15) is 24.0 Å². The summed E-state index contributed by atoms with van der Waals surface area (Å²) in [7, 11) is 2.91. The molecule has 178 valence electrons. The molecule has 0 radical (unpaired) electrons. The number of phenols is 1. The van der Waals surface area contributed by atoms with Crippen molar-refractivity contribution in [1.82, 2.24) is 4.90 Å². The van der Waals surface area contributed by atoms with E-state index in [1.165, 1.54) is 25.1 Å². The van der Waals surface area contributed by atoms with Gasteiger partial charge in [0, 0.05) is 11.5 Å². The number of nitrogens with zero attached hydrogens (tertiary/aromatic N) is 1. The van der Waals surface area contributed by atoms with Gasteiger partial charge in [-0.1, -0.05) is 19.1 Å². The topological polar surface area (TPSA) is 210 Å². The van der Waals surface area contributed by atoms with Gasteiger partial charge in [0.15, 0.2) is 23.1 Å². The summed E-state index contributed by atoms with van der Waals surface area (Å²) in [5, 5.41) is 44.1. The standard InChI is InChI=1S/C22H24N2O8.H2O/c1-7-8-5-4-6-9(25)11(8)16(26)12-10(7)17(27)14-15(24(2)3)18(28)13(21(23)31)20(30)22(14,32)19(12)29;/h4-7,10,13-15,17,25-27,32H,1-3H3,(H2,23,31);1H2. The highest BCUT2D eigenvalue weighted by molar-refractivity contribution is 6.32. The largest absolute Gasteiger partial charge is 0.507 e. The summed E-state index contributed by atoms with van der Waals surface area (Å²) < 4.78 is 0. The van der Waals surface area contributed by atoms with Crippen LogP contribution in [-0.4, -0.2) is 85.9 Å². The Balaban J connectivity index is 0.00000306. The zero-order valence-corrected chi connectivity index (χ0v) is 18.1. The predicted molar refractivity (Wildman–Crippen MR) is 113 cm³/mol. The summed E-state index contributed by atoms with van der Waals surface area (Å²) in [5.41, 5.74) is 2.28. The maximum atomic E-state index is 13.6. The Kier molecular flexibility index (Phi) is 5.75. The number of Topliss-reactive ketones (excluding diaryl/α,β-unsaturated/α-hetero) is 3. The molecule has 1 aromatic carbocycles. The van der Waals surface area contributed by atoms with Crippen molar-refractivity contribution in [2.45, 2.75) is 30.6 Å². The van der Waals surface area contributed by atoms with E-state index in [1.54, 1.807) is 19.1 Å². The average Bonchev–Trinajstić information content (AvgIpc) is 2.70. The number of primary amides is 1. The number of carbonyl (C=O) groups is 4. The van der Waals surface area contributed by atoms with Crippen molar-refractivity contribution in [2.75, 3.05) is 14.1 Å². The van der Waals surface area contributed by atoms with Gasteiger partial charge in [0.2, 0.25) is 11.7 Å². The lowest BCUT2D eigenvalue weighted by molar-refractivity contribution is -0.187. The third-order valence-electron chi connectivity index (χ3n) is 7.13. The van der Waals surface area contributed by atoms with E-state index in [1.807, 2.05) is 0 Å². The highest BCUT2D eigenvalue weighted by atomic mass is 16.3. The van der Waals surface area contributed by atoms with Gasteiger partial charge in [-0.2, -0.15) is 0 Å². The molecule has 33 heavy (non-hydrogen) atoms. The van der Waals surface area contributed by atoms with Gasteiger partial charge in [0.25, 0.3) is 0 Å². The molecule has 7 atom stereocenters. The van der Waals surface area contributed by atoms with Gasteiger partial charge in [0.05, 0.1) is 23.6 Å². The van der Waals surface area contributed by atoms with Crippen molar-refractivity contribution in [1.29, 1.82) is 0 Å². The number of likely N-dealkylation sites (N-methyl/N-ethyl adjacent to an activating group) is 1. The molecule has 1 aromatic rings. The predicted octanol–water partition coefficient (Wildman–Crippen LogP) is -1.96. The van der Waals surface area contributed by atoms with Crippen LogP contribution in [0.3, 0.4) is 0 Å². The van der Waals surface area contributed by atoms with Gasteiger partial charge < -0.3 is 31.6 Å². The SMILES string of the molecule is CC1c2cccc(O)c2C(O)=C2C(=O)C3(O)C(=O)C(C(N)=O)C(=O)C(N(C)C)C3C(O)C21.O. The number of benzene rings is 1. The Morgan fingerprint density at radius 3 is 2.30 bits per heavy atom. The molecule has 8 N–H and O–H groups in total. The minimum Gasteiger partial charge on any atom is -0.507 e. The fourth-order valence-electron chi connectivity index (χ4n) is 5.72. The van der Waals surface area contributed by atoms with Crippen LogP contribution in [0.5, 0.6) is 5.75 Å². The van der Waals surface area contributed by atoms with Gasteiger partial charge in [-0.15, -0.1) is 0 Å². The van der Waals surface area contributed by atoms with Crippen LogP contribution in [0.2, 0.25) is 0 Å². The van der Waals surface area contributed by atoms with Crippen molar-refractivity contribution in [3.05, 3.63) is 34.9 Å². The Hall–Kier alpha value is -3.12. The van der Waals surface area contributed by atoms with Gasteiger partial charge in [0.1, 0.15) is 11.5 Å². The lowest BCUT2D eigenvalue weighted by atomic mass is 9.52. The van der Waals surface area contributed by atoms with E-state index in [2.05, 4.69) is 0 Å². The van der Waals surface area contributed by atoms with Gasteiger partial charge in [-0.05, 0) is 31.6 Å². The van der Waals surface area contributed by atoms with Crippen LogP contribution in [-0.2, 0) is 19.2 Å². The monoisotopic (exact) mass is 462 g/mol. The van der Waals surface area contributed by atoms with Crippen molar-refractivity contribution >= 4 is 29.0 Å².